The molecule has 4 heteroatoms. The fourth-order valence-electron chi connectivity index (χ4n) is 1.17. The van der Waals surface area contributed by atoms with E-state index in [-0.39, 0.29) is 0 Å². The largest absolute Gasteiger partial charge is 0.298 e. The number of nitrogens with zero attached hydrogens (tertiary/aromatic N) is 3. The Labute approximate surface area is 70.7 Å². The first-order chi connectivity index (χ1) is 5.79. The maximum absolute atomic E-state index is 9.12. The van der Waals surface area contributed by atoms with E-state index in [1.54, 1.807) is 12.4 Å². The predicted octanol–water partition coefficient (Wildman–Crippen LogP) is 0.879. The van der Waals surface area contributed by atoms with Gasteiger partial charge in [-0.15, -0.1) is 0 Å². The second-order valence-electron chi connectivity index (χ2n) is 2.71. The summed E-state index contributed by atoms with van der Waals surface area (Å²) in [6, 6.07) is 0. The predicted molar refractivity (Wildman–Crippen MR) is 43.1 cm³/mol. The van der Waals surface area contributed by atoms with Crippen molar-refractivity contribution in [3.05, 3.63) is 23.9 Å². The molecule has 1 aliphatic rings. The highest BCUT2D eigenvalue weighted by Crippen LogP contribution is 2.10. The zero-order chi connectivity index (χ0) is 8.55. The van der Waals surface area contributed by atoms with Gasteiger partial charge in [-0.05, 0) is 6.42 Å². The van der Waals surface area contributed by atoms with Crippen LogP contribution in [0.2, 0.25) is 0 Å². The van der Waals surface area contributed by atoms with Crippen molar-refractivity contribution in [2.75, 3.05) is 0 Å². The Morgan fingerprint density at radius 3 is 3.25 bits per heavy atom. The first kappa shape index (κ1) is 7.36. The number of fused-ring (bicyclic) bond motifs is 1. The van der Waals surface area contributed by atoms with E-state index in [0.29, 0.717) is 6.54 Å². The van der Waals surface area contributed by atoms with Gasteiger partial charge < -0.3 is 0 Å². The SMILES string of the molecule is CCc1[c]n2c(n1)CN(O)C=C2. The maximum atomic E-state index is 9.12. The Bertz CT molecular complexity index is 316. The third kappa shape index (κ3) is 1.10. The molecule has 1 radical (unpaired) electrons. The summed E-state index contributed by atoms with van der Waals surface area (Å²) in [6.45, 7) is 2.47. The molecule has 2 heterocycles. The van der Waals surface area contributed by atoms with Gasteiger partial charge in [-0.1, -0.05) is 6.92 Å². The molecule has 2 rings (SSSR count). The molecule has 0 amide bonds. The van der Waals surface area contributed by atoms with Crippen molar-refractivity contribution in [2.45, 2.75) is 19.9 Å². The molecule has 0 spiro atoms. The lowest BCUT2D eigenvalue weighted by Gasteiger charge is -2.15. The second-order valence-corrected chi connectivity index (χ2v) is 2.71. The molecule has 0 bridgehead atoms. The smallest absolute Gasteiger partial charge is 0.135 e. The summed E-state index contributed by atoms with van der Waals surface area (Å²) in [7, 11) is 0. The van der Waals surface area contributed by atoms with Gasteiger partial charge in [-0.2, -0.15) is 0 Å². The molecule has 0 aliphatic carbocycles. The lowest BCUT2D eigenvalue weighted by atomic mass is 10.4. The van der Waals surface area contributed by atoms with Crippen LogP contribution in [0.25, 0.3) is 6.20 Å². The molecule has 0 saturated heterocycles. The minimum absolute atomic E-state index is 0.438. The van der Waals surface area contributed by atoms with Crippen molar-refractivity contribution >= 4 is 6.20 Å². The summed E-state index contributed by atoms with van der Waals surface area (Å²) in [6.07, 6.45) is 7.29. The zero-order valence-corrected chi connectivity index (χ0v) is 6.86. The fraction of sp³-hybridized carbons (Fsp3) is 0.375. The van der Waals surface area contributed by atoms with Crippen LogP contribution in [0.15, 0.2) is 6.20 Å². The van der Waals surface area contributed by atoms with Gasteiger partial charge in [0.2, 0.25) is 0 Å². The summed E-state index contributed by atoms with van der Waals surface area (Å²) in [4.78, 5) is 4.27. The standard InChI is InChI=1S/C8H10N3O/c1-2-7-5-10-3-4-11(12)6-8(10)9-7/h3-4,12H,2,6H2,1H3. The molecule has 0 fully saturated rings. The van der Waals surface area contributed by atoms with Crippen molar-refractivity contribution in [1.82, 2.24) is 14.6 Å². The summed E-state index contributed by atoms with van der Waals surface area (Å²) in [5.74, 6) is 0.830. The molecular formula is C8H10N3O. The Balaban J connectivity index is 2.37. The molecule has 1 N–H and O–H groups in total. The maximum Gasteiger partial charge on any atom is 0.135 e. The van der Waals surface area contributed by atoms with Gasteiger partial charge in [0.15, 0.2) is 0 Å². The van der Waals surface area contributed by atoms with E-state index in [4.69, 9.17) is 5.21 Å². The van der Waals surface area contributed by atoms with Gasteiger partial charge in [0.25, 0.3) is 0 Å². The highest BCUT2D eigenvalue weighted by molar-refractivity contribution is 5.27. The molecule has 12 heavy (non-hydrogen) atoms. The van der Waals surface area contributed by atoms with Crippen LogP contribution in [0.5, 0.6) is 0 Å². The van der Waals surface area contributed by atoms with E-state index >= 15 is 0 Å². The Morgan fingerprint density at radius 1 is 1.67 bits per heavy atom. The molecule has 0 aromatic carbocycles. The number of aromatic nitrogens is 2. The second kappa shape index (κ2) is 2.64. The van der Waals surface area contributed by atoms with Crippen molar-refractivity contribution < 1.29 is 5.21 Å². The van der Waals surface area contributed by atoms with E-state index in [2.05, 4.69) is 11.2 Å². The van der Waals surface area contributed by atoms with Crippen molar-refractivity contribution in [3.8, 4) is 0 Å². The molecule has 0 unspecified atom stereocenters. The van der Waals surface area contributed by atoms with Gasteiger partial charge in [-0.25, -0.2) is 4.98 Å². The van der Waals surface area contributed by atoms with Gasteiger partial charge in [0.1, 0.15) is 12.4 Å². The first-order valence-corrected chi connectivity index (χ1v) is 3.92. The van der Waals surface area contributed by atoms with Gasteiger partial charge in [0, 0.05) is 12.4 Å². The monoisotopic (exact) mass is 164 g/mol. The molecule has 0 saturated carbocycles. The third-order valence-electron chi connectivity index (χ3n) is 1.82. The molecule has 1 aromatic rings. The van der Waals surface area contributed by atoms with Gasteiger partial charge >= 0.3 is 0 Å². The van der Waals surface area contributed by atoms with Crippen LogP contribution in [0.4, 0.5) is 0 Å². The molecule has 0 atom stereocenters. The van der Waals surface area contributed by atoms with Crippen LogP contribution < -0.4 is 0 Å². The number of hydrogen-bond acceptors (Lipinski definition) is 3. The van der Waals surface area contributed by atoms with E-state index in [1.807, 2.05) is 11.5 Å². The van der Waals surface area contributed by atoms with Crippen LogP contribution in [-0.2, 0) is 13.0 Å². The minimum atomic E-state index is 0.438. The van der Waals surface area contributed by atoms with Crippen LogP contribution in [0.1, 0.15) is 18.4 Å². The Morgan fingerprint density at radius 2 is 2.50 bits per heavy atom. The number of aryl methyl sites for hydroxylation is 1. The topological polar surface area (TPSA) is 41.3 Å². The third-order valence-corrected chi connectivity index (χ3v) is 1.82. The molecule has 63 valence electrons. The normalized spacial score (nSPS) is 15.0. The highest BCUT2D eigenvalue weighted by atomic mass is 16.5. The number of hydrogen-bond donors (Lipinski definition) is 1. The summed E-state index contributed by atoms with van der Waals surface area (Å²) in [5, 5.41) is 10.2. The average Bonchev–Trinajstić information content (AvgIpc) is 2.46. The lowest BCUT2D eigenvalue weighted by Crippen LogP contribution is -2.18. The molecule has 1 aromatic heterocycles. The Kier molecular flexibility index (Phi) is 1.62. The van der Waals surface area contributed by atoms with E-state index in [1.165, 1.54) is 0 Å². The van der Waals surface area contributed by atoms with Crippen molar-refractivity contribution in [1.29, 1.82) is 0 Å². The quantitative estimate of drug-likeness (QED) is 0.669. The molecule has 4 nitrogen and oxygen atoms in total. The molecular weight excluding hydrogens is 154 g/mol. The van der Waals surface area contributed by atoms with Crippen molar-refractivity contribution in [2.24, 2.45) is 0 Å². The first-order valence-electron chi connectivity index (χ1n) is 3.92. The number of hydroxylamine groups is 2. The lowest BCUT2D eigenvalue weighted by molar-refractivity contribution is -0.0530. The van der Waals surface area contributed by atoms with Crippen LogP contribution >= 0.6 is 0 Å². The number of rotatable bonds is 1. The number of imidazole rings is 1. The van der Waals surface area contributed by atoms with Crippen LogP contribution in [0.3, 0.4) is 0 Å². The van der Waals surface area contributed by atoms with Crippen LogP contribution in [0, 0.1) is 6.20 Å². The van der Waals surface area contributed by atoms with Crippen LogP contribution in [-0.4, -0.2) is 19.8 Å². The van der Waals surface area contributed by atoms with E-state index < -0.39 is 0 Å². The highest BCUT2D eigenvalue weighted by Gasteiger charge is 2.11. The van der Waals surface area contributed by atoms with E-state index in [9.17, 15) is 0 Å². The van der Waals surface area contributed by atoms with Crippen molar-refractivity contribution in [3.63, 3.8) is 0 Å². The molecule has 1 aliphatic heterocycles. The summed E-state index contributed by atoms with van der Waals surface area (Å²) in [5.41, 5.74) is 0.935. The van der Waals surface area contributed by atoms with Gasteiger partial charge in [-0.3, -0.25) is 14.8 Å². The zero-order valence-electron chi connectivity index (χ0n) is 6.86. The minimum Gasteiger partial charge on any atom is -0.298 e. The summed E-state index contributed by atoms with van der Waals surface area (Å²) < 4.78 is 1.81. The van der Waals surface area contributed by atoms with E-state index in [0.717, 1.165) is 23.0 Å². The summed E-state index contributed by atoms with van der Waals surface area (Å²) >= 11 is 0. The van der Waals surface area contributed by atoms with Gasteiger partial charge in [0.05, 0.1) is 11.9 Å². The Hall–Kier alpha value is -1.29. The average molecular weight is 164 g/mol. The fourth-order valence-corrected chi connectivity index (χ4v) is 1.17.